The molecule has 0 unspecified atom stereocenters. The Labute approximate surface area is 66.7 Å². The van der Waals surface area contributed by atoms with Gasteiger partial charge in [-0.2, -0.15) is 0 Å². The van der Waals surface area contributed by atoms with Gasteiger partial charge in [-0.3, -0.25) is 9.20 Å². The summed E-state index contributed by atoms with van der Waals surface area (Å²) in [6.07, 6.45) is 0. The summed E-state index contributed by atoms with van der Waals surface area (Å²) in [4.78, 5) is 12.0. The number of nitrogen functional groups attached to an aromatic ring is 1. The van der Waals surface area contributed by atoms with E-state index in [4.69, 9.17) is 5.73 Å². The van der Waals surface area contributed by atoms with Gasteiger partial charge < -0.3 is 5.73 Å². The van der Waals surface area contributed by atoms with Gasteiger partial charge in [-0.1, -0.05) is 6.07 Å². The SMILES string of the molecule is Nc1csc2cccc(=O)n12. The Morgan fingerprint density at radius 3 is 3.00 bits per heavy atom. The van der Waals surface area contributed by atoms with Gasteiger partial charge in [0.15, 0.2) is 0 Å². The lowest BCUT2D eigenvalue weighted by Crippen LogP contribution is -2.11. The molecule has 0 fully saturated rings. The van der Waals surface area contributed by atoms with Crippen molar-refractivity contribution in [1.82, 2.24) is 4.40 Å². The fraction of sp³-hybridized carbons (Fsp3) is 0. The number of hydrogen-bond acceptors (Lipinski definition) is 3. The molecule has 3 nitrogen and oxygen atoms in total. The second-order valence-electron chi connectivity index (χ2n) is 2.20. The van der Waals surface area contributed by atoms with Gasteiger partial charge in [0.05, 0.1) is 0 Å². The molecule has 4 heteroatoms. The van der Waals surface area contributed by atoms with Crippen LogP contribution in [0, 0.1) is 0 Å². The number of pyridine rings is 1. The molecule has 0 bridgehead atoms. The van der Waals surface area contributed by atoms with Gasteiger partial charge >= 0.3 is 0 Å². The Morgan fingerprint density at radius 1 is 1.45 bits per heavy atom. The van der Waals surface area contributed by atoms with Crippen LogP contribution in [-0.2, 0) is 0 Å². The molecule has 0 saturated heterocycles. The Kier molecular flexibility index (Phi) is 1.22. The first kappa shape index (κ1) is 6.42. The molecule has 0 saturated carbocycles. The van der Waals surface area contributed by atoms with Gasteiger partial charge in [0.1, 0.15) is 10.6 Å². The zero-order valence-electron chi connectivity index (χ0n) is 5.65. The molecular formula is C7H6N2OS. The lowest BCUT2D eigenvalue weighted by Gasteiger charge is -1.91. The lowest BCUT2D eigenvalue weighted by atomic mass is 10.5. The first-order valence-corrected chi connectivity index (χ1v) is 4.02. The third-order valence-corrected chi connectivity index (χ3v) is 2.40. The molecule has 0 atom stereocenters. The van der Waals surface area contributed by atoms with Crippen LogP contribution in [0.1, 0.15) is 0 Å². The number of fused-ring (bicyclic) bond motifs is 1. The minimum absolute atomic E-state index is 0.0683. The van der Waals surface area contributed by atoms with Crippen molar-refractivity contribution in [3.05, 3.63) is 33.9 Å². The predicted octanol–water partition coefficient (Wildman–Crippen LogP) is 0.943. The summed E-state index contributed by atoms with van der Waals surface area (Å²) in [6.45, 7) is 0. The van der Waals surface area contributed by atoms with Crippen LogP contribution in [0.3, 0.4) is 0 Å². The van der Waals surface area contributed by atoms with Crippen LogP contribution in [0.2, 0.25) is 0 Å². The monoisotopic (exact) mass is 166 g/mol. The number of aromatic nitrogens is 1. The Hall–Kier alpha value is -1.29. The number of hydrogen-bond donors (Lipinski definition) is 1. The molecule has 56 valence electrons. The van der Waals surface area contributed by atoms with Crippen molar-refractivity contribution in [2.24, 2.45) is 0 Å². The van der Waals surface area contributed by atoms with Gasteiger partial charge in [-0.15, -0.1) is 11.3 Å². The quantitative estimate of drug-likeness (QED) is 0.633. The zero-order valence-corrected chi connectivity index (χ0v) is 6.47. The van der Waals surface area contributed by atoms with Gasteiger partial charge in [-0.05, 0) is 6.07 Å². The normalized spacial score (nSPS) is 10.5. The van der Waals surface area contributed by atoms with Crippen LogP contribution in [0.25, 0.3) is 4.83 Å². The molecule has 0 aliphatic rings. The highest BCUT2D eigenvalue weighted by Crippen LogP contribution is 2.14. The summed E-state index contributed by atoms with van der Waals surface area (Å²) in [6, 6.07) is 5.09. The van der Waals surface area contributed by atoms with E-state index >= 15 is 0 Å². The Bertz CT molecular complexity index is 443. The maximum atomic E-state index is 11.2. The maximum absolute atomic E-state index is 11.2. The Morgan fingerprint density at radius 2 is 2.27 bits per heavy atom. The molecule has 0 aromatic carbocycles. The molecule has 2 rings (SSSR count). The fourth-order valence-corrected chi connectivity index (χ4v) is 1.80. The molecular weight excluding hydrogens is 160 g/mol. The topological polar surface area (TPSA) is 47.5 Å². The molecule has 11 heavy (non-hydrogen) atoms. The summed E-state index contributed by atoms with van der Waals surface area (Å²) in [5.41, 5.74) is 5.48. The summed E-state index contributed by atoms with van der Waals surface area (Å²) >= 11 is 1.47. The van der Waals surface area contributed by atoms with Gasteiger partial charge in [0, 0.05) is 11.4 Å². The minimum atomic E-state index is -0.0683. The third-order valence-electron chi connectivity index (χ3n) is 1.48. The van der Waals surface area contributed by atoms with E-state index in [9.17, 15) is 4.79 Å². The minimum Gasteiger partial charge on any atom is -0.384 e. The van der Waals surface area contributed by atoms with Crippen molar-refractivity contribution in [2.45, 2.75) is 0 Å². The van der Waals surface area contributed by atoms with E-state index < -0.39 is 0 Å². The average molecular weight is 166 g/mol. The van der Waals surface area contributed by atoms with Crippen molar-refractivity contribution in [3.63, 3.8) is 0 Å². The largest absolute Gasteiger partial charge is 0.384 e. The molecule has 2 aromatic heterocycles. The number of anilines is 1. The van der Waals surface area contributed by atoms with Crippen LogP contribution < -0.4 is 11.3 Å². The van der Waals surface area contributed by atoms with Gasteiger partial charge in [-0.25, -0.2) is 0 Å². The van der Waals surface area contributed by atoms with E-state index in [-0.39, 0.29) is 5.56 Å². The molecule has 0 aliphatic carbocycles. The first-order chi connectivity index (χ1) is 5.29. The van der Waals surface area contributed by atoms with Crippen LogP contribution in [-0.4, -0.2) is 4.40 Å². The van der Waals surface area contributed by atoms with Gasteiger partial charge in [0.25, 0.3) is 5.56 Å². The maximum Gasteiger partial charge on any atom is 0.257 e. The van der Waals surface area contributed by atoms with E-state index in [1.165, 1.54) is 21.8 Å². The highest BCUT2D eigenvalue weighted by Gasteiger charge is 1.98. The summed E-state index contributed by atoms with van der Waals surface area (Å²) < 4.78 is 1.49. The molecule has 2 heterocycles. The second kappa shape index (κ2) is 2.10. The average Bonchev–Trinajstić information content (AvgIpc) is 2.34. The highest BCUT2D eigenvalue weighted by molar-refractivity contribution is 7.15. The molecule has 2 N–H and O–H groups in total. The van der Waals surface area contributed by atoms with E-state index in [0.717, 1.165) is 4.83 Å². The number of rotatable bonds is 0. The summed E-state index contributed by atoms with van der Waals surface area (Å²) in [5.74, 6) is 0.510. The van der Waals surface area contributed by atoms with Gasteiger partial charge in [0.2, 0.25) is 0 Å². The van der Waals surface area contributed by atoms with Crippen LogP contribution in [0.4, 0.5) is 5.82 Å². The Balaban J connectivity index is 3.08. The molecule has 0 amide bonds. The van der Waals surface area contributed by atoms with Crippen molar-refractivity contribution in [2.75, 3.05) is 5.73 Å². The number of thiazole rings is 1. The first-order valence-electron chi connectivity index (χ1n) is 3.14. The molecule has 0 spiro atoms. The summed E-state index contributed by atoms with van der Waals surface area (Å²) in [5, 5.41) is 1.76. The van der Waals surface area contributed by atoms with Crippen molar-refractivity contribution in [1.29, 1.82) is 0 Å². The smallest absolute Gasteiger partial charge is 0.257 e. The molecule has 0 aliphatic heterocycles. The predicted molar refractivity (Wildman–Crippen MR) is 46.0 cm³/mol. The zero-order chi connectivity index (χ0) is 7.84. The van der Waals surface area contributed by atoms with Crippen LogP contribution >= 0.6 is 11.3 Å². The molecule has 2 aromatic rings. The van der Waals surface area contributed by atoms with E-state index in [1.54, 1.807) is 11.4 Å². The third kappa shape index (κ3) is 0.832. The second-order valence-corrected chi connectivity index (χ2v) is 3.09. The summed E-state index contributed by atoms with van der Waals surface area (Å²) in [7, 11) is 0. The standard InChI is InChI=1S/C7H6N2OS/c8-5-4-11-7-3-1-2-6(10)9(5)7/h1-4H,8H2. The van der Waals surface area contributed by atoms with Crippen molar-refractivity contribution >= 4 is 22.0 Å². The number of nitrogens with zero attached hydrogens (tertiary/aromatic N) is 1. The van der Waals surface area contributed by atoms with E-state index in [1.807, 2.05) is 6.07 Å². The van der Waals surface area contributed by atoms with Crippen molar-refractivity contribution < 1.29 is 0 Å². The highest BCUT2D eigenvalue weighted by atomic mass is 32.1. The van der Waals surface area contributed by atoms with E-state index in [0.29, 0.717) is 5.82 Å². The van der Waals surface area contributed by atoms with Crippen molar-refractivity contribution in [3.8, 4) is 0 Å². The number of nitrogens with two attached hydrogens (primary N) is 1. The van der Waals surface area contributed by atoms with Crippen LogP contribution in [0.5, 0.6) is 0 Å². The van der Waals surface area contributed by atoms with Crippen LogP contribution in [0.15, 0.2) is 28.4 Å². The van der Waals surface area contributed by atoms with E-state index in [2.05, 4.69) is 0 Å². The molecule has 0 radical (unpaired) electrons. The lowest BCUT2D eigenvalue weighted by molar-refractivity contribution is 1.14. The fourth-order valence-electron chi connectivity index (χ4n) is 0.990.